The number of aromatic amines is 1. The Kier molecular flexibility index (Phi) is 6.88. The highest BCUT2D eigenvalue weighted by Crippen LogP contribution is 2.27. The predicted octanol–water partition coefficient (Wildman–Crippen LogP) is 4.94. The molecule has 0 aliphatic carbocycles. The number of ether oxygens (including phenoxy) is 1. The van der Waals surface area contributed by atoms with Crippen LogP contribution in [0.3, 0.4) is 0 Å². The fourth-order valence-electron chi connectivity index (χ4n) is 4.19. The van der Waals surface area contributed by atoms with E-state index in [1.165, 1.54) is 11.1 Å². The highest BCUT2D eigenvalue weighted by atomic mass is 16.5. The Bertz CT molecular complexity index is 1020. The van der Waals surface area contributed by atoms with Crippen LogP contribution in [-0.4, -0.2) is 45.7 Å². The predicted molar refractivity (Wildman–Crippen MR) is 125 cm³/mol. The third-order valence-corrected chi connectivity index (χ3v) is 6.06. The van der Waals surface area contributed by atoms with Crippen LogP contribution in [0, 0.1) is 0 Å². The van der Waals surface area contributed by atoms with Crippen molar-refractivity contribution in [2.45, 2.75) is 51.9 Å². The van der Waals surface area contributed by atoms with Gasteiger partial charge in [0.2, 0.25) is 0 Å². The van der Waals surface area contributed by atoms with E-state index in [0.717, 1.165) is 42.9 Å². The number of hydrogen-bond acceptors (Lipinski definition) is 4. The van der Waals surface area contributed by atoms with Crippen molar-refractivity contribution >= 4 is 5.91 Å². The molecule has 32 heavy (non-hydrogen) atoms. The van der Waals surface area contributed by atoms with Crippen LogP contribution in [0.1, 0.15) is 78.5 Å². The number of rotatable bonds is 7. The zero-order valence-electron chi connectivity index (χ0n) is 19.2. The van der Waals surface area contributed by atoms with Crippen molar-refractivity contribution in [2.75, 3.05) is 19.7 Å². The number of nitrogens with one attached hydrogen (secondary N) is 1. The molecule has 0 unspecified atom stereocenters. The van der Waals surface area contributed by atoms with Gasteiger partial charge in [-0.25, -0.2) is 0 Å². The molecule has 1 aromatic carbocycles. The summed E-state index contributed by atoms with van der Waals surface area (Å²) in [7, 11) is 0. The maximum atomic E-state index is 12.9. The van der Waals surface area contributed by atoms with Crippen molar-refractivity contribution in [3.05, 3.63) is 76.9 Å². The average Bonchev–Trinajstić information content (AvgIpc) is 3.31. The molecule has 1 aliphatic rings. The van der Waals surface area contributed by atoms with Crippen LogP contribution < -0.4 is 4.74 Å². The van der Waals surface area contributed by atoms with E-state index >= 15 is 0 Å². The van der Waals surface area contributed by atoms with Crippen molar-refractivity contribution in [2.24, 2.45) is 0 Å². The van der Waals surface area contributed by atoms with Crippen LogP contribution in [0.2, 0.25) is 0 Å². The molecular weight excluding hydrogens is 400 g/mol. The molecule has 1 saturated heterocycles. The van der Waals surface area contributed by atoms with Gasteiger partial charge < -0.3 is 9.64 Å². The Morgan fingerprint density at radius 2 is 1.97 bits per heavy atom. The van der Waals surface area contributed by atoms with E-state index in [4.69, 9.17) is 9.72 Å². The van der Waals surface area contributed by atoms with E-state index in [9.17, 15) is 4.79 Å². The smallest absolute Gasteiger partial charge is 0.274 e. The Balaban J connectivity index is 1.38. The van der Waals surface area contributed by atoms with Crippen LogP contribution in [0.15, 0.2) is 48.7 Å². The molecule has 1 aliphatic heterocycles. The number of carbonyl (C=O) groups is 1. The third kappa shape index (κ3) is 5.18. The molecule has 0 bridgehead atoms. The summed E-state index contributed by atoms with van der Waals surface area (Å²) >= 11 is 0. The summed E-state index contributed by atoms with van der Waals surface area (Å²) in [6.45, 7) is 8.30. The first-order valence-corrected chi connectivity index (χ1v) is 11.5. The number of piperidine rings is 1. The van der Waals surface area contributed by atoms with Gasteiger partial charge in [-0.15, -0.1) is 0 Å². The summed E-state index contributed by atoms with van der Waals surface area (Å²) < 4.78 is 5.51. The summed E-state index contributed by atoms with van der Waals surface area (Å²) in [4.78, 5) is 19.6. The second-order valence-corrected chi connectivity index (χ2v) is 8.80. The van der Waals surface area contributed by atoms with E-state index in [-0.39, 0.29) is 11.8 Å². The normalized spacial score (nSPS) is 16.4. The maximum absolute atomic E-state index is 12.9. The van der Waals surface area contributed by atoms with Crippen LogP contribution in [0.25, 0.3) is 0 Å². The quantitative estimate of drug-likeness (QED) is 0.574. The topological polar surface area (TPSA) is 71.1 Å². The number of benzene rings is 1. The molecule has 168 valence electrons. The molecule has 2 aromatic heterocycles. The van der Waals surface area contributed by atoms with Gasteiger partial charge in [0.25, 0.3) is 5.91 Å². The number of aromatic nitrogens is 3. The van der Waals surface area contributed by atoms with Crippen molar-refractivity contribution < 1.29 is 9.53 Å². The van der Waals surface area contributed by atoms with Gasteiger partial charge in [0.15, 0.2) is 0 Å². The number of hydrogen-bond donors (Lipinski definition) is 1. The molecule has 0 radical (unpaired) electrons. The molecule has 0 saturated carbocycles. The summed E-state index contributed by atoms with van der Waals surface area (Å²) in [5, 5.41) is 7.22. The number of H-pyrrole nitrogens is 1. The number of nitrogens with zero attached hydrogens (tertiary/aromatic N) is 3. The van der Waals surface area contributed by atoms with Gasteiger partial charge in [-0.2, -0.15) is 5.10 Å². The average molecular weight is 433 g/mol. The summed E-state index contributed by atoms with van der Waals surface area (Å²) in [5.41, 5.74) is 4.97. The lowest BCUT2D eigenvalue weighted by molar-refractivity contribution is 0.0700. The van der Waals surface area contributed by atoms with Gasteiger partial charge in [0, 0.05) is 36.6 Å². The van der Waals surface area contributed by atoms with Gasteiger partial charge in [0.05, 0.1) is 6.61 Å². The molecule has 1 amide bonds. The van der Waals surface area contributed by atoms with E-state index in [2.05, 4.69) is 48.3 Å². The first-order chi connectivity index (χ1) is 15.5. The summed E-state index contributed by atoms with van der Waals surface area (Å²) in [6.07, 6.45) is 4.84. The van der Waals surface area contributed by atoms with E-state index < -0.39 is 0 Å². The number of amides is 1. The summed E-state index contributed by atoms with van der Waals surface area (Å²) in [5.74, 6) is 1.49. The lowest BCUT2D eigenvalue weighted by atomic mass is 9.93. The standard InChI is InChI=1S/C26H32N4O2/c1-4-32-22-10-7-19(8-11-22)14-20-9-12-23(27-16-20)21-6-5-13-30(17-21)26(31)25-15-24(18(2)3)28-29-25/h7-12,15-16,18,21H,4-6,13-14,17H2,1-3H3,(H,28,29)/t21-/m0/s1. The van der Waals surface area contributed by atoms with E-state index in [0.29, 0.717) is 24.8 Å². The molecule has 3 heterocycles. The van der Waals surface area contributed by atoms with E-state index in [1.54, 1.807) is 0 Å². The Labute approximate surface area is 190 Å². The van der Waals surface area contributed by atoms with Gasteiger partial charge in [-0.1, -0.05) is 32.0 Å². The first kappa shape index (κ1) is 22.1. The van der Waals surface area contributed by atoms with Crippen molar-refractivity contribution in [3.8, 4) is 5.75 Å². The Hall–Kier alpha value is -3.15. The lowest BCUT2D eigenvalue weighted by Crippen LogP contribution is -2.39. The molecule has 1 atom stereocenters. The van der Waals surface area contributed by atoms with Crippen LogP contribution in [0.4, 0.5) is 0 Å². The minimum Gasteiger partial charge on any atom is -0.494 e. The molecule has 4 rings (SSSR count). The van der Waals surface area contributed by atoms with Crippen LogP contribution in [0.5, 0.6) is 5.75 Å². The highest BCUT2D eigenvalue weighted by molar-refractivity contribution is 5.92. The van der Waals surface area contributed by atoms with Crippen LogP contribution >= 0.6 is 0 Å². The molecule has 0 spiro atoms. The molecule has 3 aromatic rings. The fraction of sp³-hybridized carbons (Fsp3) is 0.423. The monoisotopic (exact) mass is 432 g/mol. The SMILES string of the molecule is CCOc1ccc(Cc2ccc([C@H]3CCCN(C(=O)c4cc(C(C)C)[nH]n4)C3)nc2)cc1. The Morgan fingerprint density at radius 3 is 2.62 bits per heavy atom. The second kappa shape index (κ2) is 9.98. The van der Waals surface area contributed by atoms with Crippen molar-refractivity contribution in [1.29, 1.82) is 0 Å². The Morgan fingerprint density at radius 1 is 1.19 bits per heavy atom. The van der Waals surface area contributed by atoms with Crippen LogP contribution in [-0.2, 0) is 6.42 Å². The maximum Gasteiger partial charge on any atom is 0.274 e. The number of pyridine rings is 1. The summed E-state index contributed by atoms with van der Waals surface area (Å²) in [6, 6.07) is 14.4. The zero-order valence-corrected chi connectivity index (χ0v) is 19.2. The largest absolute Gasteiger partial charge is 0.494 e. The van der Waals surface area contributed by atoms with Crippen molar-refractivity contribution in [3.63, 3.8) is 0 Å². The van der Waals surface area contributed by atoms with Gasteiger partial charge in [-0.05, 0) is 67.5 Å². The molecule has 1 fully saturated rings. The van der Waals surface area contributed by atoms with Gasteiger partial charge in [-0.3, -0.25) is 14.9 Å². The zero-order chi connectivity index (χ0) is 22.5. The second-order valence-electron chi connectivity index (χ2n) is 8.80. The lowest BCUT2D eigenvalue weighted by Gasteiger charge is -2.32. The van der Waals surface area contributed by atoms with Gasteiger partial charge in [0.1, 0.15) is 11.4 Å². The number of likely N-dealkylation sites (tertiary alicyclic amines) is 1. The third-order valence-electron chi connectivity index (χ3n) is 6.06. The van der Waals surface area contributed by atoms with Gasteiger partial charge >= 0.3 is 0 Å². The number of carbonyl (C=O) groups excluding carboxylic acids is 1. The minimum absolute atomic E-state index is 0.00460. The first-order valence-electron chi connectivity index (χ1n) is 11.5. The fourth-order valence-corrected chi connectivity index (χ4v) is 4.19. The minimum atomic E-state index is 0.00460. The molecule has 6 heteroatoms. The van der Waals surface area contributed by atoms with E-state index in [1.807, 2.05) is 36.2 Å². The molecule has 1 N–H and O–H groups in total. The molecular formula is C26H32N4O2. The molecule has 6 nitrogen and oxygen atoms in total. The van der Waals surface area contributed by atoms with Crippen molar-refractivity contribution in [1.82, 2.24) is 20.1 Å². The highest BCUT2D eigenvalue weighted by Gasteiger charge is 2.27.